The number of halogens is 3. The van der Waals surface area contributed by atoms with Crippen molar-refractivity contribution in [3.8, 4) is 0 Å². The number of aliphatic imine (C=N–C) groups is 1. The molecule has 0 aliphatic carbocycles. The highest BCUT2D eigenvalue weighted by Gasteiger charge is 2.06. The fourth-order valence-corrected chi connectivity index (χ4v) is 2.78. The third-order valence-corrected chi connectivity index (χ3v) is 4.10. The molecule has 0 spiro atoms. The molecule has 0 aliphatic heterocycles. The molecule has 2 nitrogen and oxygen atoms in total. The lowest BCUT2D eigenvalue weighted by Crippen LogP contribution is -2.27. The van der Waals surface area contributed by atoms with E-state index in [4.69, 9.17) is 34.8 Å². The maximum absolute atomic E-state index is 5.88. The Morgan fingerprint density at radius 1 is 1.00 bits per heavy atom. The third-order valence-electron chi connectivity index (χ3n) is 3.51. The maximum atomic E-state index is 5.88. The minimum absolute atomic E-state index is 0.579. The maximum Gasteiger partial charge on any atom is 0.0630 e. The van der Waals surface area contributed by atoms with Crippen LogP contribution in [0.2, 0.25) is 5.02 Å². The molecule has 2 aromatic rings. The molecule has 0 fully saturated rings. The Labute approximate surface area is 152 Å². The summed E-state index contributed by atoms with van der Waals surface area (Å²) in [6.45, 7) is 3.64. The van der Waals surface area contributed by atoms with Crippen molar-refractivity contribution < 1.29 is 0 Å². The summed E-state index contributed by atoms with van der Waals surface area (Å²) in [5.74, 6) is 1.16. The number of alkyl halides is 2. The van der Waals surface area contributed by atoms with E-state index < -0.39 is 0 Å². The average molecular weight is 370 g/mol. The predicted molar refractivity (Wildman–Crippen MR) is 104 cm³/mol. The molecular weight excluding hydrogens is 351 g/mol. The Bertz CT molecular complexity index is 648. The number of rotatable bonds is 7. The molecule has 0 radical (unpaired) electrons. The minimum Gasteiger partial charge on any atom is -0.369 e. The summed E-state index contributed by atoms with van der Waals surface area (Å²) in [5.41, 5.74) is 4.26. The quantitative estimate of drug-likeness (QED) is 0.452. The lowest BCUT2D eigenvalue weighted by molar-refractivity contribution is 0.873. The first-order valence-electron chi connectivity index (χ1n) is 7.41. The van der Waals surface area contributed by atoms with Crippen LogP contribution in [0.4, 0.5) is 11.4 Å². The molecule has 2 aromatic carbocycles. The number of aryl methyl sites for hydroxylation is 1. The first kappa shape index (κ1) is 18.1. The van der Waals surface area contributed by atoms with E-state index >= 15 is 0 Å². The van der Waals surface area contributed by atoms with Crippen molar-refractivity contribution in [2.24, 2.45) is 4.99 Å². The van der Waals surface area contributed by atoms with E-state index in [-0.39, 0.29) is 0 Å². The molecule has 0 unspecified atom stereocenters. The molecule has 0 N–H and O–H groups in total. The summed E-state index contributed by atoms with van der Waals surface area (Å²) >= 11 is 17.6. The van der Waals surface area contributed by atoms with Gasteiger partial charge in [0.05, 0.1) is 5.69 Å². The number of hydrogen-bond acceptors (Lipinski definition) is 2. The largest absolute Gasteiger partial charge is 0.369 e. The number of nitrogens with zero attached hydrogens (tertiary/aromatic N) is 2. The van der Waals surface area contributed by atoms with Gasteiger partial charge in [0.2, 0.25) is 0 Å². The van der Waals surface area contributed by atoms with Crippen molar-refractivity contribution in [1.82, 2.24) is 0 Å². The molecule has 0 saturated heterocycles. The first-order valence-corrected chi connectivity index (χ1v) is 8.86. The standard InChI is InChI=1S/C18H19Cl3N2/c1-14-12-18(23(10-8-19)11-9-20)7-2-15(14)13-22-17-5-3-16(21)4-6-17/h2-7,12-13H,8-11H2,1H3. The zero-order chi connectivity index (χ0) is 16.7. The smallest absolute Gasteiger partial charge is 0.0630 e. The van der Waals surface area contributed by atoms with Crippen LogP contribution in [0.3, 0.4) is 0 Å². The van der Waals surface area contributed by atoms with Gasteiger partial charge in [0.15, 0.2) is 0 Å². The molecule has 0 saturated carbocycles. The van der Waals surface area contributed by atoms with E-state index in [1.807, 2.05) is 30.5 Å². The van der Waals surface area contributed by atoms with Crippen molar-refractivity contribution in [2.45, 2.75) is 6.92 Å². The summed E-state index contributed by atoms with van der Waals surface area (Å²) in [5, 5.41) is 0.711. The summed E-state index contributed by atoms with van der Waals surface area (Å²) in [7, 11) is 0. The second kappa shape index (κ2) is 9.17. The van der Waals surface area contributed by atoms with E-state index in [0.717, 1.165) is 35.6 Å². The molecule has 0 bridgehead atoms. The van der Waals surface area contributed by atoms with Gasteiger partial charge in [0.1, 0.15) is 0 Å². The van der Waals surface area contributed by atoms with Gasteiger partial charge in [-0.15, -0.1) is 23.2 Å². The fourth-order valence-electron chi connectivity index (χ4n) is 2.25. The van der Waals surface area contributed by atoms with Crippen LogP contribution in [-0.4, -0.2) is 31.1 Å². The van der Waals surface area contributed by atoms with Gasteiger partial charge >= 0.3 is 0 Å². The van der Waals surface area contributed by atoms with E-state index in [1.165, 1.54) is 0 Å². The van der Waals surface area contributed by atoms with Crippen LogP contribution in [0, 0.1) is 6.92 Å². The second-order valence-electron chi connectivity index (χ2n) is 5.14. The van der Waals surface area contributed by atoms with Gasteiger partial charge in [-0.1, -0.05) is 17.7 Å². The van der Waals surface area contributed by atoms with E-state index in [0.29, 0.717) is 16.8 Å². The second-order valence-corrected chi connectivity index (χ2v) is 6.33. The number of hydrogen-bond donors (Lipinski definition) is 0. The topological polar surface area (TPSA) is 15.6 Å². The zero-order valence-electron chi connectivity index (χ0n) is 13.0. The van der Waals surface area contributed by atoms with Crippen molar-refractivity contribution in [1.29, 1.82) is 0 Å². The van der Waals surface area contributed by atoms with Crippen LogP contribution in [0.25, 0.3) is 0 Å². The van der Waals surface area contributed by atoms with Crippen LogP contribution in [0.5, 0.6) is 0 Å². The van der Waals surface area contributed by atoms with Gasteiger partial charge in [-0.3, -0.25) is 4.99 Å². The van der Waals surface area contributed by atoms with Crippen molar-refractivity contribution in [3.05, 3.63) is 58.6 Å². The minimum atomic E-state index is 0.579. The van der Waals surface area contributed by atoms with Gasteiger partial charge in [0, 0.05) is 41.8 Å². The van der Waals surface area contributed by atoms with Gasteiger partial charge in [-0.2, -0.15) is 0 Å². The third kappa shape index (κ3) is 5.42. The summed E-state index contributed by atoms with van der Waals surface area (Å²) in [6.07, 6.45) is 1.87. The van der Waals surface area contributed by atoms with Gasteiger partial charge in [-0.25, -0.2) is 0 Å². The normalized spacial score (nSPS) is 11.1. The fraction of sp³-hybridized carbons (Fsp3) is 0.278. The highest BCUT2D eigenvalue weighted by Crippen LogP contribution is 2.20. The molecule has 0 amide bonds. The molecule has 122 valence electrons. The van der Waals surface area contributed by atoms with E-state index in [1.54, 1.807) is 0 Å². The highest BCUT2D eigenvalue weighted by atomic mass is 35.5. The molecule has 23 heavy (non-hydrogen) atoms. The zero-order valence-corrected chi connectivity index (χ0v) is 15.2. The van der Waals surface area contributed by atoms with Crippen LogP contribution < -0.4 is 4.90 Å². The Morgan fingerprint density at radius 2 is 1.65 bits per heavy atom. The van der Waals surface area contributed by atoms with Gasteiger partial charge in [0.25, 0.3) is 0 Å². The highest BCUT2D eigenvalue weighted by molar-refractivity contribution is 6.30. The van der Waals surface area contributed by atoms with E-state index in [2.05, 4.69) is 35.0 Å². The summed E-state index contributed by atoms with van der Waals surface area (Å²) in [4.78, 5) is 6.67. The van der Waals surface area contributed by atoms with Gasteiger partial charge < -0.3 is 4.90 Å². The predicted octanol–water partition coefficient (Wildman–Crippen LogP) is 5.68. The molecule has 0 atom stereocenters. The van der Waals surface area contributed by atoms with Crippen molar-refractivity contribution in [2.75, 3.05) is 29.7 Å². The summed E-state index contributed by atoms with van der Waals surface area (Å²) in [6, 6.07) is 13.7. The lowest BCUT2D eigenvalue weighted by Gasteiger charge is -2.23. The molecule has 5 heteroatoms. The lowest BCUT2D eigenvalue weighted by atomic mass is 10.1. The Hall–Kier alpha value is -1.22. The van der Waals surface area contributed by atoms with E-state index in [9.17, 15) is 0 Å². The van der Waals surface area contributed by atoms with Gasteiger partial charge in [-0.05, 0) is 54.4 Å². The van der Waals surface area contributed by atoms with Crippen molar-refractivity contribution >= 4 is 52.4 Å². The van der Waals surface area contributed by atoms with Crippen LogP contribution in [-0.2, 0) is 0 Å². The van der Waals surface area contributed by atoms with Crippen LogP contribution >= 0.6 is 34.8 Å². The molecule has 0 aromatic heterocycles. The Kier molecular flexibility index (Phi) is 7.22. The monoisotopic (exact) mass is 368 g/mol. The van der Waals surface area contributed by atoms with Crippen LogP contribution in [0.15, 0.2) is 47.5 Å². The van der Waals surface area contributed by atoms with Crippen LogP contribution in [0.1, 0.15) is 11.1 Å². The number of anilines is 1. The summed E-state index contributed by atoms with van der Waals surface area (Å²) < 4.78 is 0. The Balaban J connectivity index is 2.16. The number of benzene rings is 2. The molecular formula is C18H19Cl3N2. The SMILES string of the molecule is Cc1cc(N(CCCl)CCCl)ccc1C=Nc1ccc(Cl)cc1. The molecule has 0 heterocycles. The average Bonchev–Trinajstić information content (AvgIpc) is 2.55. The van der Waals surface area contributed by atoms with Crippen molar-refractivity contribution in [3.63, 3.8) is 0 Å². The molecule has 2 rings (SSSR count). The molecule has 0 aliphatic rings. The Morgan fingerprint density at radius 3 is 2.22 bits per heavy atom. The first-order chi connectivity index (χ1) is 11.1.